The average molecular weight is 727 g/mol. The van der Waals surface area contributed by atoms with Crippen molar-refractivity contribution in [1.29, 1.82) is 0 Å². The molecular weight excluding hydrogens is 702 g/mol. The zero-order valence-electron chi connectivity index (χ0n) is 24.8. The molecule has 4 heterocycles. The number of alkyl halides is 3. The second-order valence-electron chi connectivity index (χ2n) is 11.3. The molecule has 48 heavy (non-hydrogen) atoms. The molecule has 1 amide bonds. The van der Waals surface area contributed by atoms with Crippen LogP contribution in [-0.4, -0.2) is 37.3 Å². The number of carbonyl (C=O) groups is 1. The number of hydrogen-bond donors (Lipinski definition) is 1. The lowest BCUT2D eigenvalue weighted by molar-refractivity contribution is -0.136. The largest absolute Gasteiger partial charge is 0.417 e. The van der Waals surface area contributed by atoms with Gasteiger partial charge in [0.25, 0.3) is 11.5 Å². The number of pyridine rings is 1. The monoisotopic (exact) mass is 725 g/mol. The van der Waals surface area contributed by atoms with Crippen molar-refractivity contribution in [2.45, 2.75) is 36.6 Å². The Morgan fingerprint density at radius 3 is 2.60 bits per heavy atom. The molecule has 0 spiro atoms. The fourth-order valence-electron chi connectivity index (χ4n) is 6.16. The summed E-state index contributed by atoms with van der Waals surface area (Å²) in [6, 6.07) is 18.6. The number of thioether (sulfide) groups is 1. The minimum atomic E-state index is -4.81. The summed E-state index contributed by atoms with van der Waals surface area (Å²) in [7, 11) is 0. The molecule has 0 saturated heterocycles. The number of amides is 1. The fourth-order valence-corrected chi connectivity index (χ4v) is 7.88. The van der Waals surface area contributed by atoms with Crippen LogP contribution in [0.4, 0.5) is 13.2 Å². The number of benzene rings is 2. The molecule has 2 atom stereocenters. The number of carbonyl (C=O) groups excluding carboxylic acids is 1. The van der Waals surface area contributed by atoms with Crippen LogP contribution in [0.25, 0.3) is 27.7 Å². The average Bonchev–Trinajstić information content (AvgIpc) is 3.73. The van der Waals surface area contributed by atoms with Gasteiger partial charge in [-0.25, -0.2) is 15.0 Å². The molecule has 1 aliphatic heterocycles. The molecule has 0 bridgehead atoms. The fraction of sp³-hybridized carbons (Fsp3) is 0.206. The Hall–Kier alpha value is -3.97. The van der Waals surface area contributed by atoms with Gasteiger partial charge < -0.3 is 4.98 Å². The quantitative estimate of drug-likeness (QED) is 0.139. The van der Waals surface area contributed by atoms with Gasteiger partial charge in [0.2, 0.25) is 0 Å². The maximum atomic E-state index is 14.0. The Morgan fingerprint density at radius 1 is 1.06 bits per heavy atom. The third-order valence-electron chi connectivity index (χ3n) is 8.22. The van der Waals surface area contributed by atoms with Crippen LogP contribution >= 0.6 is 46.3 Å². The number of nitrogens with one attached hydrogen (secondary N) is 1. The van der Waals surface area contributed by atoms with E-state index in [2.05, 4.69) is 21.0 Å². The molecule has 2 aromatic carbocycles. The number of H-pyrrole nitrogens is 1. The summed E-state index contributed by atoms with van der Waals surface area (Å²) in [6.45, 7) is 0. The molecular formula is C34H24Cl2F3N5O2S2. The summed E-state index contributed by atoms with van der Waals surface area (Å²) >= 11 is 14.5. The lowest BCUT2D eigenvalue weighted by Crippen LogP contribution is -2.33. The highest BCUT2D eigenvalue weighted by atomic mass is 35.5. The van der Waals surface area contributed by atoms with Gasteiger partial charge in [0.1, 0.15) is 0 Å². The number of fused-ring (bicyclic) bond motifs is 2. The lowest BCUT2D eigenvalue weighted by Gasteiger charge is -2.29. The van der Waals surface area contributed by atoms with E-state index in [9.17, 15) is 22.8 Å². The number of nitrogens with zero attached hydrogens (tertiary/aromatic N) is 4. The van der Waals surface area contributed by atoms with Gasteiger partial charge in [-0.05, 0) is 83.8 Å². The summed E-state index contributed by atoms with van der Waals surface area (Å²) in [5, 5.41) is 8.56. The molecule has 1 aliphatic carbocycles. The standard InChI is InChI=1S/C34H24Cl2F3N5O2S2/c35-21-11-9-19(10-12-21)30-23-7-2-5-20(14-18-4-1-6-22(36)15-18)29(23)43-44(30)27(45)17-48-33-41-31-28(32(46)42-33)24(34(37,38)39)16-25(40-31)26-8-3-13-47-26/h1,3-4,6,8-16,23,30H,2,5,7,17H2,(H,40,41,42,46). The van der Waals surface area contributed by atoms with E-state index >= 15 is 0 Å². The van der Waals surface area contributed by atoms with Crippen molar-refractivity contribution in [3.63, 3.8) is 0 Å². The molecule has 244 valence electrons. The van der Waals surface area contributed by atoms with E-state index in [0.29, 0.717) is 14.9 Å². The van der Waals surface area contributed by atoms with Crippen molar-refractivity contribution in [3.05, 3.63) is 115 Å². The molecule has 1 fully saturated rings. The number of hydrogen-bond acceptors (Lipinski definition) is 7. The first-order chi connectivity index (χ1) is 23.0. The Kier molecular flexibility index (Phi) is 8.92. The predicted molar refractivity (Wildman–Crippen MR) is 184 cm³/mol. The van der Waals surface area contributed by atoms with E-state index in [1.54, 1.807) is 35.7 Å². The van der Waals surface area contributed by atoms with Crippen molar-refractivity contribution in [2.75, 3.05) is 5.75 Å². The first kappa shape index (κ1) is 32.6. The van der Waals surface area contributed by atoms with Crippen molar-refractivity contribution in [2.24, 2.45) is 11.0 Å². The highest BCUT2D eigenvalue weighted by molar-refractivity contribution is 7.99. The van der Waals surface area contributed by atoms with Crippen LogP contribution in [0.15, 0.2) is 92.7 Å². The Bertz CT molecular complexity index is 2150. The zero-order valence-corrected chi connectivity index (χ0v) is 27.9. The Morgan fingerprint density at radius 2 is 1.88 bits per heavy atom. The number of rotatable bonds is 6. The topological polar surface area (TPSA) is 91.3 Å². The van der Waals surface area contributed by atoms with Crippen LogP contribution < -0.4 is 5.56 Å². The highest BCUT2D eigenvalue weighted by Gasteiger charge is 2.43. The van der Waals surface area contributed by atoms with Gasteiger partial charge in [-0.2, -0.15) is 18.3 Å². The first-order valence-corrected chi connectivity index (χ1v) is 17.5. The molecule has 0 radical (unpaired) electrons. The summed E-state index contributed by atoms with van der Waals surface area (Å²) in [5.74, 6) is -0.617. The summed E-state index contributed by atoms with van der Waals surface area (Å²) in [6.07, 6.45) is -0.257. The second kappa shape index (κ2) is 13.1. The van der Waals surface area contributed by atoms with Gasteiger partial charge in [-0.1, -0.05) is 65.3 Å². The third-order valence-corrected chi connectivity index (χ3v) is 10.5. The molecule has 2 unspecified atom stereocenters. The first-order valence-electron chi connectivity index (χ1n) is 14.9. The molecule has 7 rings (SSSR count). The number of aromatic nitrogens is 3. The van der Waals surface area contributed by atoms with Gasteiger partial charge in [0, 0.05) is 16.0 Å². The summed E-state index contributed by atoms with van der Waals surface area (Å²) in [4.78, 5) is 38.4. The smallest absolute Gasteiger partial charge is 0.301 e. The number of hydrazone groups is 1. The van der Waals surface area contributed by atoms with Gasteiger partial charge >= 0.3 is 6.18 Å². The van der Waals surface area contributed by atoms with Crippen LogP contribution in [0, 0.1) is 5.92 Å². The predicted octanol–water partition coefficient (Wildman–Crippen LogP) is 9.29. The van der Waals surface area contributed by atoms with E-state index in [1.165, 1.54) is 16.3 Å². The number of halogens is 5. The van der Waals surface area contributed by atoms with Gasteiger partial charge in [0.15, 0.2) is 10.8 Å². The van der Waals surface area contributed by atoms with E-state index in [1.807, 2.05) is 30.3 Å². The van der Waals surface area contributed by atoms with E-state index in [4.69, 9.17) is 28.3 Å². The maximum Gasteiger partial charge on any atom is 0.417 e. The van der Waals surface area contributed by atoms with Crippen LogP contribution in [0.2, 0.25) is 10.0 Å². The number of allylic oxidation sites excluding steroid dienone is 1. The molecule has 5 aromatic rings. The highest BCUT2D eigenvalue weighted by Crippen LogP contribution is 2.45. The minimum absolute atomic E-state index is 0.0290. The normalized spacial score (nSPS) is 18.7. The molecule has 3 aromatic heterocycles. The summed E-state index contributed by atoms with van der Waals surface area (Å²) < 4.78 is 42.1. The zero-order chi connectivity index (χ0) is 33.6. The summed E-state index contributed by atoms with van der Waals surface area (Å²) in [5.41, 5.74) is 1.22. The van der Waals surface area contributed by atoms with Crippen molar-refractivity contribution in [1.82, 2.24) is 20.0 Å². The van der Waals surface area contributed by atoms with Crippen LogP contribution in [0.1, 0.15) is 42.0 Å². The molecule has 1 saturated carbocycles. The molecule has 2 aliphatic rings. The van der Waals surface area contributed by atoms with Crippen LogP contribution in [0.5, 0.6) is 0 Å². The minimum Gasteiger partial charge on any atom is -0.301 e. The third kappa shape index (κ3) is 6.54. The van der Waals surface area contributed by atoms with Crippen molar-refractivity contribution < 1.29 is 18.0 Å². The van der Waals surface area contributed by atoms with E-state index in [-0.39, 0.29) is 34.1 Å². The second-order valence-corrected chi connectivity index (χ2v) is 14.1. The number of aromatic amines is 1. The number of thiophene rings is 1. The van der Waals surface area contributed by atoms with Gasteiger partial charge in [-0.15, -0.1) is 11.3 Å². The van der Waals surface area contributed by atoms with Gasteiger partial charge in [0.05, 0.1) is 39.0 Å². The van der Waals surface area contributed by atoms with Crippen molar-refractivity contribution >= 4 is 75.0 Å². The maximum absolute atomic E-state index is 14.0. The van der Waals surface area contributed by atoms with Crippen molar-refractivity contribution in [3.8, 4) is 10.6 Å². The lowest BCUT2D eigenvalue weighted by atomic mass is 9.77. The van der Waals surface area contributed by atoms with Gasteiger partial charge in [-0.3, -0.25) is 9.59 Å². The molecule has 14 heteroatoms. The molecule has 7 nitrogen and oxygen atoms in total. The van der Waals surface area contributed by atoms with Crippen LogP contribution in [0.3, 0.4) is 0 Å². The SMILES string of the molecule is O=C(CSc1nc2nc(-c3cccs3)cc(C(F)(F)F)c2c(=O)[nH]1)N1N=C2C(=Cc3cccc(Cl)c3)CCCC2C1c1ccc(Cl)cc1. The Labute approximate surface area is 290 Å². The van der Waals surface area contributed by atoms with E-state index in [0.717, 1.165) is 59.5 Å². The molecule has 1 N–H and O–H groups in total. The Balaban J connectivity index is 1.22. The van der Waals surface area contributed by atoms with E-state index < -0.39 is 28.7 Å². The van der Waals surface area contributed by atoms with Crippen LogP contribution in [-0.2, 0) is 11.0 Å².